The van der Waals surface area contributed by atoms with E-state index >= 15 is 0 Å². The van der Waals surface area contributed by atoms with Gasteiger partial charge >= 0.3 is 5.97 Å². The SMILES string of the molecule is Cc1cccc(C(NC(=O)CNS(=O)(=O)CCOC(C)C)C(=O)O)c1C. The Morgan fingerprint density at radius 1 is 1.23 bits per heavy atom. The van der Waals surface area contributed by atoms with Crippen LogP contribution in [0.2, 0.25) is 0 Å². The maximum absolute atomic E-state index is 12.0. The highest BCUT2D eigenvalue weighted by Gasteiger charge is 2.24. The summed E-state index contributed by atoms with van der Waals surface area (Å²) in [5.74, 6) is -2.23. The number of carboxylic acid groups (broad SMARTS) is 1. The predicted octanol–water partition coefficient (Wildman–Crippen LogP) is 0.890. The van der Waals surface area contributed by atoms with Crippen molar-refractivity contribution in [3.05, 3.63) is 34.9 Å². The number of benzene rings is 1. The van der Waals surface area contributed by atoms with E-state index in [-0.39, 0.29) is 18.5 Å². The van der Waals surface area contributed by atoms with E-state index in [9.17, 15) is 23.1 Å². The third kappa shape index (κ3) is 7.11. The van der Waals surface area contributed by atoms with Crippen LogP contribution in [0.3, 0.4) is 0 Å². The van der Waals surface area contributed by atoms with Crippen LogP contribution in [0.1, 0.15) is 36.6 Å². The summed E-state index contributed by atoms with van der Waals surface area (Å²) in [7, 11) is -3.69. The van der Waals surface area contributed by atoms with Crippen molar-refractivity contribution in [2.75, 3.05) is 18.9 Å². The molecule has 1 rings (SSSR count). The summed E-state index contributed by atoms with van der Waals surface area (Å²) in [6, 6.07) is 3.91. The molecular weight excluding hydrogens is 360 g/mol. The number of carbonyl (C=O) groups is 2. The van der Waals surface area contributed by atoms with Gasteiger partial charge in [-0.05, 0) is 44.4 Å². The van der Waals surface area contributed by atoms with Crippen LogP contribution < -0.4 is 10.0 Å². The van der Waals surface area contributed by atoms with E-state index in [4.69, 9.17) is 4.74 Å². The second kappa shape index (κ2) is 9.65. The maximum Gasteiger partial charge on any atom is 0.330 e. The van der Waals surface area contributed by atoms with Crippen LogP contribution in [0.15, 0.2) is 18.2 Å². The van der Waals surface area contributed by atoms with Gasteiger partial charge in [0, 0.05) is 0 Å². The highest BCUT2D eigenvalue weighted by atomic mass is 32.2. The molecule has 1 unspecified atom stereocenters. The van der Waals surface area contributed by atoms with E-state index in [1.165, 1.54) is 0 Å². The lowest BCUT2D eigenvalue weighted by Crippen LogP contribution is -2.42. The molecular formula is C17H26N2O6S. The van der Waals surface area contributed by atoms with Crippen molar-refractivity contribution in [3.63, 3.8) is 0 Å². The van der Waals surface area contributed by atoms with Crippen molar-refractivity contribution in [1.82, 2.24) is 10.0 Å². The van der Waals surface area contributed by atoms with Crippen LogP contribution in [0, 0.1) is 13.8 Å². The molecule has 1 amide bonds. The van der Waals surface area contributed by atoms with E-state index in [1.54, 1.807) is 32.9 Å². The number of aryl methyl sites for hydroxylation is 1. The van der Waals surface area contributed by atoms with Crippen LogP contribution in [-0.4, -0.2) is 50.4 Å². The van der Waals surface area contributed by atoms with Gasteiger partial charge in [-0.25, -0.2) is 17.9 Å². The Labute approximate surface area is 154 Å². The summed E-state index contributed by atoms with van der Waals surface area (Å²) in [6.07, 6.45) is -0.0950. The summed E-state index contributed by atoms with van der Waals surface area (Å²) < 4.78 is 30.9. The van der Waals surface area contributed by atoms with E-state index in [0.717, 1.165) is 11.1 Å². The lowest BCUT2D eigenvalue weighted by molar-refractivity contribution is -0.141. The average molecular weight is 386 g/mol. The van der Waals surface area contributed by atoms with Crippen molar-refractivity contribution in [2.24, 2.45) is 0 Å². The first kappa shape index (κ1) is 22.1. The van der Waals surface area contributed by atoms with Gasteiger partial charge in [-0.15, -0.1) is 0 Å². The Morgan fingerprint density at radius 2 is 1.88 bits per heavy atom. The van der Waals surface area contributed by atoms with Crippen molar-refractivity contribution in [2.45, 2.75) is 39.8 Å². The molecule has 26 heavy (non-hydrogen) atoms. The maximum atomic E-state index is 12.0. The van der Waals surface area contributed by atoms with Gasteiger partial charge in [-0.3, -0.25) is 4.79 Å². The number of carboxylic acids is 1. The van der Waals surface area contributed by atoms with Crippen LogP contribution in [-0.2, 0) is 24.3 Å². The molecule has 0 aromatic heterocycles. The summed E-state index contributed by atoms with van der Waals surface area (Å²) in [4.78, 5) is 23.6. The Bertz CT molecular complexity index is 746. The predicted molar refractivity (Wildman–Crippen MR) is 97.3 cm³/mol. The topological polar surface area (TPSA) is 122 Å². The van der Waals surface area contributed by atoms with Gasteiger partial charge in [-0.2, -0.15) is 0 Å². The van der Waals surface area contributed by atoms with Crippen LogP contribution in [0.4, 0.5) is 0 Å². The molecule has 0 aliphatic heterocycles. The Balaban J connectivity index is 2.69. The molecule has 8 nitrogen and oxygen atoms in total. The van der Waals surface area contributed by atoms with Crippen molar-refractivity contribution in [3.8, 4) is 0 Å². The smallest absolute Gasteiger partial charge is 0.330 e. The first-order valence-electron chi connectivity index (χ1n) is 8.20. The standard InChI is InChI=1S/C17H26N2O6S/c1-11(2)25-8-9-26(23,24)18-10-15(20)19-16(17(21)22)14-7-5-6-12(3)13(14)4/h5-7,11,16,18H,8-10H2,1-4H3,(H,19,20)(H,21,22). The summed E-state index contributed by atoms with van der Waals surface area (Å²) in [6.45, 7) is 6.64. The first-order valence-corrected chi connectivity index (χ1v) is 9.86. The zero-order valence-corrected chi connectivity index (χ0v) is 16.2. The fourth-order valence-electron chi connectivity index (χ4n) is 2.21. The minimum atomic E-state index is -3.69. The van der Waals surface area contributed by atoms with Crippen molar-refractivity contribution in [1.29, 1.82) is 0 Å². The quantitative estimate of drug-likeness (QED) is 0.549. The number of ether oxygens (including phenoxy) is 1. The van der Waals surface area contributed by atoms with Crippen molar-refractivity contribution >= 4 is 21.9 Å². The lowest BCUT2D eigenvalue weighted by Gasteiger charge is -2.18. The summed E-state index contributed by atoms with van der Waals surface area (Å²) in [5, 5.41) is 11.8. The third-order valence-corrected chi connectivity index (χ3v) is 5.05. The number of amides is 1. The molecule has 0 aliphatic rings. The number of nitrogens with one attached hydrogen (secondary N) is 2. The fraction of sp³-hybridized carbons (Fsp3) is 0.529. The fourth-order valence-corrected chi connectivity index (χ4v) is 3.02. The molecule has 1 aromatic rings. The molecule has 1 atom stereocenters. The number of hydrogen-bond donors (Lipinski definition) is 3. The molecule has 1 aromatic carbocycles. The number of aliphatic carboxylic acids is 1. The second-order valence-electron chi connectivity index (χ2n) is 6.19. The van der Waals surface area contributed by atoms with Gasteiger partial charge in [0.25, 0.3) is 0 Å². The van der Waals surface area contributed by atoms with Crippen LogP contribution >= 0.6 is 0 Å². The number of carbonyl (C=O) groups excluding carboxylic acids is 1. The van der Waals surface area contributed by atoms with E-state index < -0.39 is 34.5 Å². The monoisotopic (exact) mass is 386 g/mol. The number of rotatable bonds is 10. The molecule has 0 bridgehead atoms. The molecule has 0 radical (unpaired) electrons. The van der Waals surface area contributed by atoms with E-state index in [0.29, 0.717) is 5.56 Å². The second-order valence-corrected chi connectivity index (χ2v) is 8.11. The molecule has 0 spiro atoms. The van der Waals surface area contributed by atoms with Gasteiger partial charge in [0.1, 0.15) is 0 Å². The summed E-state index contributed by atoms with van der Waals surface area (Å²) in [5.41, 5.74) is 2.11. The normalized spacial score (nSPS) is 12.8. The number of sulfonamides is 1. The van der Waals surface area contributed by atoms with Crippen LogP contribution in [0.5, 0.6) is 0 Å². The molecule has 3 N–H and O–H groups in total. The van der Waals surface area contributed by atoms with E-state index in [2.05, 4.69) is 10.0 Å². The van der Waals surface area contributed by atoms with E-state index in [1.807, 2.05) is 13.0 Å². The van der Waals surface area contributed by atoms with Gasteiger partial charge in [0.15, 0.2) is 6.04 Å². The molecule has 0 heterocycles. The molecule has 0 fully saturated rings. The van der Waals surface area contributed by atoms with Gasteiger partial charge in [0.2, 0.25) is 15.9 Å². The number of hydrogen-bond acceptors (Lipinski definition) is 5. The third-order valence-electron chi connectivity index (χ3n) is 3.77. The van der Waals surface area contributed by atoms with Gasteiger partial charge in [-0.1, -0.05) is 18.2 Å². The lowest BCUT2D eigenvalue weighted by atomic mass is 9.97. The zero-order valence-electron chi connectivity index (χ0n) is 15.4. The molecule has 146 valence electrons. The largest absolute Gasteiger partial charge is 0.479 e. The molecule has 0 aliphatic carbocycles. The Hall–Kier alpha value is -1.97. The Kier molecular flexibility index (Phi) is 8.19. The summed E-state index contributed by atoms with van der Waals surface area (Å²) >= 11 is 0. The highest BCUT2D eigenvalue weighted by Crippen LogP contribution is 2.20. The zero-order chi connectivity index (χ0) is 19.9. The molecule has 9 heteroatoms. The van der Waals surface area contributed by atoms with Gasteiger partial charge < -0.3 is 15.2 Å². The first-order chi connectivity index (χ1) is 12.0. The Morgan fingerprint density at radius 3 is 2.46 bits per heavy atom. The average Bonchev–Trinajstić information content (AvgIpc) is 2.53. The van der Waals surface area contributed by atoms with Crippen LogP contribution in [0.25, 0.3) is 0 Å². The molecule has 0 saturated carbocycles. The minimum absolute atomic E-state index is 0.00879. The highest BCUT2D eigenvalue weighted by molar-refractivity contribution is 7.89. The minimum Gasteiger partial charge on any atom is -0.479 e. The molecule has 0 saturated heterocycles. The van der Waals surface area contributed by atoms with Gasteiger partial charge in [0.05, 0.1) is 25.0 Å². The van der Waals surface area contributed by atoms with Crippen molar-refractivity contribution < 1.29 is 27.9 Å².